The normalized spacial score (nSPS) is 11.4. The van der Waals surface area contributed by atoms with Crippen molar-refractivity contribution in [1.82, 2.24) is 0 Å². The van der Waals surface area contributed by atoms with E-state index in [1.807, 2.05) is 45.0 Å². The van der Waals surface area contributed by atoms with E-state index in [4.69, 9.17) is 4.42 Å². The number of carbonyl (C=O) groups excluding carboxylic acids is 1. The highest BCUT2D eigenvalue weighted by atomic mass is 16.3. The summed E-state index contributed by atoms with van der Waals surface area (Å²) in [6, 6.07) is 11.4. The van der Waals surface area contributed by atoms with E-state index in [-0.39, 0.29) is 5.78 Å². The molecule has 19 heavy (non-hydrogen) atoms. The number of para-hydroxylation sites is 1. The summed E-state index contributed by atoms with van der Waals surface area (Å²) in [5.74, 6) is 0.969. The average molecular weight is 255 g/mol. The van der Waals surface area contributed by atoms with Gasteiger partial charge in [0.05, 0.1) is 0 Å². The largest absolute Gasteiger partial charge is 0.458 e. The lowest BCUT2D eigenvalue weighted by Crippen LogP contribution is -2.01. The molecule has 3 heteroatoms. The Kier molecular flexibility index (Phi) is 3.85. The van der Waals surface area contributed by atoms with Crippen LogP contribution in [0.1, 0.15) is 28.8 Å². The van der Waals surface area contributed by atoms with Gasteiger partial charge in [-0.2, -0.15) is 0 Å². The molecule has 1 heterocycles. The number of aryl methyl sites for hydroxylation is 2. The molecule has 0 fully saturated rings. The zero-order chi connectivity index (χ0) is 13.8. The van der Waals surface area contributed by atoms with Crippen LogP contribution in [0.4, 0.5) is 5.69 Å². The fraction of sp³-hybridized carbons (Fsp3) is 0.188. The number of hydrogen-bond acceptors (Lipinski definition) is 3. The predicted octanol–water partition coefficient (Wildman–Crippen LogP) is 4.10. The molecule has 0 aliphatic heterocycles. The van der Waals surface area contributed by atoms with Gasteiger partial charge in [0.15, 0.2) is 5.76 Å². The number of hydrogen-bond donors (Lipinski definition) is 1. The van der Waals surface area contributed by atoms with Crippen LogP contribution in [-0.4, -0.2) is 5.78 Å². The van der Waals surface area contributed by atoms with Gasteiger partial charge in [0.25, 0.3) is 0 Å². The molecule has 1 aromatic heterocycles. The lowest BCUT2D eigenvalue weighted by atomic mass is 10.2. The Hall–Kier alpha value is -2.29. The first-order valence-corrected chi connectivity index (χ1v) is 6.18. The number of allylic oxidation sites excluding steroid dienone is 2. The van der Waals surface area contributed by atoms with Gasteiger partial charge in [0.2, 0.25) is 5.78 Å². The highest BCUT2D eigenvalue weighted by molar-refractivity contribution is 6.03. The van der Waals surface area contributed by atoms with Crippen LogP contribution in [0, 0.1) is 13.8 Å². The highest BCUT2D eigenvalue weighted by Gasteiger charge is 2.07. The summed E-state index contributed by atoms with van der Waals surface area (Å²) in [6.45, 7) is 5.70. The summed E-state index contributed by atoms with van der Waals surface area (Å²) < 4.78 is 5.30. The van der Waals surface area contributed by atoms with Crippen LogP contribution in [0.15, 0.2) is 52.6 Å². The van der Waals surface area contributed by atoms with Crippen LogP contribution < -0.4 is 5.32 Å². The molecule has 0 amide bonds. The first-order valence-electron chi connectivity index (χ1n) is 6.18. The lowest BCUT2D eigenvalue weighted by Gasteiger charge is -2.08. The molecule has 0 unspecified atom stereocenters. The molecule has 0 saturated carbocycles. The summed E-state index contributed by atoms with van der Waals surface area (Å²) in [7, 11) is 0. The summed E-state index contributed by atoms with van der Waals surface area (Å²) in [5, 5.41) is 3.22. The summed E-state index contributed by atoms with van der Waals surface area (Å²) >= 11 is 0. The predicted molar refractivity (Wildman–Crippen MR) is 76.3 cm³/mol. The van der Waals surface area contributed by atoms with Crippen molar-refractivity contribution in [3.63, 3.8) is 0 Å². The third-order valence-corrected chi connectivity index (χ3v) is 2.81. The van der Waals surface area contributed by atoms with Gasteiger partial charge in [0.1, 0.15) is 5.76 Å². The van der Waals surface area contributed by atoms with Crippen molar-refractivity contribution < 1.29 is 9.21 Å². The van der Waals surface area contributed by atoms with Crippen LogP contribution in [0.2, 0.25) is 0 Å². The molecule has 1 aromatic carbocycles. The monoisotopic (exact) mass is 255 g/mol. The fourth-order valence-electron chi connectivity index (χ4n) is 1.80. The number of nitrogens with one attached hydrogen (secondary N) is 1. The molecule has 2 rings (SSSR count). The topological polar surface area (TPSA) is 42.2 Å². The molecule has 1 N–H and O–H groups in total. The van der Waals surface area contributed by atoms with Crippen LogP contribution in [-0.2, 0) is 0 Å². The minimum absolute atomic E-state index is 0.133. The molecule has 0 aliphatic rings. The number of benzene rings is 1. The summed E-state index contributed by atoms with van der Waals surface area (Å²) in [5.41, 5.74) is 2.92. The first-order chi connectivity index (χ1) is 9.06. The zero-order valence-corrected chi connectivity index (χ0v) is 11.4. The van der Waals surface area contributed by atoms with E-state index in [9.17, 15) is 4.79 Å². The maximum atomic E-state index is 11.9. The quantitative estimate of drug-likeness (QED) is 0.660. The Morgan fingerprint density at radius 2 is 1.89 bits per heavy atom. The zero-order valence-electron chi connectivity index (χ0n) is 11.4. The van der Waals surface area contributed by atoms with Gasteiger partial charge in [-0.25, -0.2) is 0 Å². The molecule has 0 bridgehead atoms. The van der Waals surface area contributed by atoms with Crippen LogP contribution in [0.25, 0.3) is 0 Å². The summed E-state index contributed by atoms with van der Waals surface area (Å²) in [4.78, 5) is 11.9. The molecule has 98 valence electrons. The Balaban J connectivity index is 2.11. The van der Waals surface area contributed by atoms with Crippen molar-refractivity contribution in [2.24, 2.45) is 0 Å². The number of rotatable bonds is 4. The van der Waals surface area contributed by atoms with E-state index in [2.05, 4.69) is 5.32 Å². The Morgan fingerprint density at radius 1 is 1.16 bits per heavy atom. The SMILES string of the molecule is C/C(=C\C(=O)c1ccc(C)o1)Nc1ccccc1C. The van der Waals surface area contributed by atoms with E-state index >= 15 is 0 Å². The molecular weight excluding hydrogens is 238 g/mol. The van der Waals surface area contributed by atoms with Gasteiger partial charge in [0, 0.05) is 17.5 Å². The fourth-order valence-corrected chi connectivity index (χ4v) is 1.80. The van der Waals surface area contributed by atoms with E-state index in [1.165, 1.54) is 0 Å². The van der Waals surface area contributed by atoms with Crippen LogP contribution in [0.3, 0.4) is 0 Å². The third-order valence-electron chi connectivity index (χ3n) is 2.81. The maximum Gasteiger partial charge on any atom is 0.222 e. The van der Waals surface area contributed by atoms with Crippen molar-refractivity contribution in [1.29, 1.82) is 0 Å². The molecule has 0 atom stereocenters. The van der Waals surface area contributed by atoms with Gasteiger partial charge in [-0.15, -0.1) is 0 Å². The minimum atomic E-state index is -0.133. The van der Waals surface area contributed by atoms with Gasteiger partial charge < -0.3 is 9.73 Å². The molecule has 0 radical (unpaired) electrons. The second-order valence-electron chi connectivity index (χ2n) is 4.54. The van der Waals surface area contributed by atoms with E-state index in [1.54, 1.807) is 18.2 Å². The highest BCUT2D eigenvalue weighted by Crippen LogP contribution is 2.16. The van der Waals surface area contributed by atoms with Gasteiger partial charge in [-0.3, -0.25) is 4.79 Å². The molecule has 2 aromatic rings. The maximum absolute atomic E-state index is 11.9. The summed E-state index contributed by atoms with van der Waals surface area (Å²) in [6.07, 6.45) is 1.55. The molecule has 0 spiro atoms. The molecule has 3 nitrogen and oxygen atoms in total. The van der Waals surface area contributed by atoms with Gasteiger partial charge in [-0.1, -0.05) is 18.2 Å². The lowest BCUT2D eigenvalue weighted by molar-refractivity contribution is 0.102. The third kappa shape index (κ3) is 3.35. The standard InChI is InChI=1S/C16H17NO2/c1-11-6-4-5-7-14(11)17-12(2)10-15(18)16-9-8-13(3)19-16/h4-10,17H,1-3H3/b12-10+. The second-order valence-corrected chi connectivity index (χ2v) is 4.54. The molecule has 0 saturated heterocycles. The van der Waals surface area contributed by atoms with Gasteiger partial charge in [-0.05, 0) is 44.5 Å². The number of anilines is 1. The first kappa shape index (κ1) is 13.1. The molecule has 0 aliphatic carbocycles. The van der Waals surface area contributed by atoms with Crippen molar-refractivity contribution >= 4 is 11.5 Å². The number of furan rings is 1. The van der Waals surface area contributed by atoms with E-state index in [0.717, 1.165) is 22.7 Å². The van der Waals surface area contributed by atoms with Crippen molar-refractivity contribution in [2.75, 3.05) is 5.32 Å². The number of ketones is 1. The molecular formula is C16H17NO2. The number of carbonyl (C=O) groups is 1. The van der Waals surface area contributed by atoms with E-state index < -0.39 is 0 Å². The van der Waals surface area contributed by atoms with Crippen molar-refractivity contribution in [2.45, 2.75) is 20.8 Å². The van der Waals surface area contributed by atoms with E-state index in [0.29, 0.717) is 5.76 Å². The second kappa shape index (κ2) is 5.57. The Morgan fingerprint density at radius 3 is 2.53 bits per heavy atom. The van der Waals surface area contributed by atoms with Crippen LogP contribution >= 0.6 is 0 Å². The smallest absolute Gasteiger partial charge is 0.222 e. The average Bonchev–Trinajstić information content (AvgIpc) is 2.79. The minimum Gasteiger partial charge on any atom is -0.458 e. The van der Waals surface area contributed by atoms with Crippen molar-refractivity contribution in [3.8, 4) is 0 Å². The van der Waals surface area contributed by atoms with Gasteiger partial charge >= 0.3 is 0 Å². The Bertz CT molecular complexity index is 623. The van der Waals surface area contributed by atoms with Crippen molar-refractivity contribution in [3.05, 3.63) is 65.3 Å². The Labute approximate surface area is 112 Å². The van der Waals surface area contributed by atoms with Crippen LogP contribution in [0.5, 0.6) is 0 Å².